The molecule has 0 bridgehead atoms. The number of anilines is 4. The predicted molar refractivity (Wildman–Crippen MR) is 105 cm³/mol. The fraction of sp³-hybridized carbons (Fsp3) is 0.273. The summed E-state index contributed by atoms with van der Waals surface area (Å²) < 4.78 is 16.3. The number of hydrogen-bond donors (Lipinski definition) is 0. The van der Waals surface area contributed by atoms with Gasteiger partial charge in [-0.2, -0.15) is 0 Å². The number of rotatable bonds is 2. The van der Waals surface area contributed by atoms with E-state index in [9.17, 15) is 0 Å². The summed E-state index contributed by atoms with van der Waals surface area (Å²) >= 11 is 0. The molecule has 0 saturated heterocycles. The lowest BCUT2D eigenvalue weighted by Crippen LogP contribution is -2.54. The molecule has 0 spiro atoms. The predicted octanol–water partition coefficient (Wildman–Crippen LogP) is 5.32. The average molecular weight is 360 g/mol. The average Bonchev–Trinajstić information content (AvgIpc) is 3.08. The topological polar surface area (TPSA) is 32.3 Å². The molecule has 3 unspecified atom stereocenters. The van der Waals surface area contributed by atoms with Gasteiger partial charge in [0.05, 0.1) is 11.9 Å². The molecule has 0 fully saturated rings. The Hall–Kier alpha value is -2.95. The molecule has 0 radical (unpaired) electrons. The van der Waals surface area contributed by atoms with Crippen molar-refractivity contribution in [2.45, 2.75) is 32.1 Å². The summed E-state index contributed by atoms with van der Waals surface area (Å²) in [6, 6.07) is 17.9. The third-order valence-corrected chi connectivity index (χ3v) is 6.02. The van der Waals surface area contributed by atoms with Gasteiger partial charge in [-0.1, -0.05) is 50.2 Å². The van der Waals surface area contributed by atoms with Crippen molar-refractivity contribution in [3.63, 3.8) is 0 Å². The molecule has 2 aliphatic rings. The minimum atomic E-state index is -1.40. The Morgan fingerprint density at radius 1 is 1.00 bits per heavy atom. The first-order valence-electron chi connectivity index (χ1n) is 9.38. The molecule has 3 aromatic rings. The molecular formula is C22H21FN4. The summed E-state index contributed by atoms with van der Waals surface area (Å²) in [6.07, 6.45) is 3.63. The third kappa shape index (κ3) is 2.08. The fourth-order valence-corrected chi connectivity index (χ4v) is 4.67. The van der Waals surface area contributed by atoms with Gasteiger partial charge in [-0.15, -0.1) is 0 Å². The highest BCUT2D eigenvalue weighted by atomic mass is 19.1. The Balaban J connectivity index is 1.80. The first-order chi connectivity index (χ1) is 13.2. The largest absolute Gasteiger partial charge is 0.315 e. The maximum Gasteiger partial charge on any atom is 0.162 e. The van der Waals surface area contributed by atoms with Crippen LogP contribution < -0.4 is 9.80 Å². The van der Waals surface area contributed by atoms with Crippen LogP contribution in [0.15, 0.2) is 67.1 Å². The van der Waals surface area contributed by atoms with Crippen molar-refractivity contribution in [1.82, 2.24) is 9.97 Å². The van der Waals surface area contributed by atoms with E-state index in [4.69, 9.17) is 0 Å². The second-order valence-electron chi connectivity index (χ2n) is 7.24. The number of nitrogens with zero attached hydrogens (tertiary/aromatic N) is 4. The second kappa shape index (κ2) is 5.78. The van der Waals surface area contributed by atoms with Gasteiger partial charge >= 0.3 is 0 Å². The van der Waals surface area contributed by atoms with Crippen molar-refractivity contribution in [2.75, 3.05) is 9.80 Å². The lowest BCUT2D eigenvalue weighted by molar-refractivity contribution is 0.0620. The van der Waals surface area contributed by atoms with Gasteiger partial charge in [0.15, 0.2) is 5.82 Å². The van der Waals surface area contributed by atoms with Gasteiger partial charge < -0.3 is 9.80 Å². The molecule has 4 nitrogen and oxygen atoms in total. The van der Waals surface area contributed by atoms with Crippen LogP contribution in [0, 0.1) is 5.92 Å². The number of fused-ring (bicyclic) bond motifs is 5. The Kier molecular flexibility index (Phi) is 3.47. The van der Waals surface area contributed by atoms with Crippen LogP contribution in [-0.4, -0.2) is 16.1 Å². The summed E-state index contributed by atoms with van der Waals surface area (Å²) in [7, 11) is 0. The summed E-state index contributed by atoms with van der Waals surface area (Å²) in [5, 5.41) is 0. The van der Waals surface area contributed by atoms with E-state index in [2.05, 4.69) is 31.9 Å². The van der Waals surface area contributed by atoms with Gasteiger partial charge in [0.1, 0.15) is 23.8 Å². The zero-order valence-corrected chi connectivity index (χ0v) is 15.4. The number of benzene rings is 2. The fourth-order valence-electron chi connectivity index (χ4n) is 4.67. The molecule has 5 rings (SSSR count). The SMILES string of the molecule is CCC1(F)c2ccccc2N2c3ncncc3N(c3ccccc3)C2C1C. The Morgan fingerprint density at radius 2 is 1.74 bits per heavy atom. The third-order valence-electron chi connectivity index (χ3n) is 6.02. The van der Waals surface area contributed by atoms with Crippen LogP contribution in [0.5, 0.6) is 0 Å². The molecule has 2 aromatic carbocycles. The zero-order valence-electron chi connectivity index (χ0n) is 15.4. The zero-order chi connectivity index (χ0) is 18.6. The highest BCUT2D eigenvalue weighted by molar-refractivity contribution is 5.87. The van der Waals surface area contributed by atoms with Crippen molar-refractivity contribution in [3.8, 4) is 0 Å². The Labute approximate surface area is 158 Å². The van der Waals surface area contributed by atoms with E-state index < -0.39 is 5.67 Å². The molecule has 1 aromatic heterocycles. The molecule has 3 heterocycles. The van der Waals surface area contributed by atoms with Crippen LogP contribution in [0.25, 0.3) is 0 Å². The van der Waals surface area contributed by atoms with E-state index in [1.807, 2.05) is 62.5 Å². The van der Waals surface area contributed by atoms with E-state index in [1.165, 1.54) is 0 Å². The second-order valence-corrected chi connectivity index (χ2v) is 7.24. The van der Waals surface area contributed by atoms with Crippen LogP contribution in [-0.2, 0) is 5.67 Å². The molecule has 27 heavy (non-hydrogen) atoms. The van der Waals surface area contributed by atoms with Gasteiger partial charge in [-0.3, -0.25) is 0 Å². The number of aromatic nitrogens is 2. The molecule has 136 valence electrons. The summed E-state index contributed by atoms with van der Waals surface area (Å²) in [6.45, 7) is 3.93. The van der Waals surface area contributed by atoms with Crippen molar-refractivity contribution in [3.05, 3.63) is 72.7 Å². The van der Waals surface area contributed by atoms with Gasteiger partial charge in [-0.25, -0.2) is 14.4 Å². The van der Waals surface area contributed by atoms with Crippen LogP contribution in [0.1, 0.15) is 25.8 Å². The highest BCUT2D eigenvalue weighted by Gasteiger charge is 2.55. The Morgan fingerprint density at radius 3 is 2.52 bits per heavy atom. The van der Waals surface area contributed by atoms with E-state index in [0.717, 1.165) is 28.4 Å². The Bertz CT molecular complexity index is 992. The van der Waals surface area contributed by atoms with Crippen molar-refractivity contribution in [1.29, 1.82) is 0 Å². The molecular weight excluding hydrogens is 339 g/mol. The van der Waals surface area contributed by atoms with E-state index in [-0.39, 0.29) is 12.1 Å². The number of hydrogen-bond acceptors (Lipinski definition) is 4. The molecule has 0 N–H and O–H groups in total. The molecule has 5 heteroatoms. The molecule has 2 aliphatic heterocycles. The number of halogens is 1. The van der Waals surface area contributed by atoms with E-state index in [0.29, 0.717) is 6.42 Å². The van der Waals surface area contributed by atoms with E-state index >= 15 is 4.39 Å². The standard InChI is InChI=1S/C22H21FN4/c1-3-22(23)15(2)21-26(16-9-5-4-6-10-16)19-13-24-14-25-20(19)27(21)18-12-8-7-11-17(18)22/h4-15,21H,3H2,1-2H3. The lowest BCUT2D eigenvalue weighted by Gasteiger charge is -2.48. The van der Waals surface area contributed by atoms with Gasteiger partial charge in [-0.05, 0) is 24.6 Å². The maximum atomic E-state index is 16.3. The first-order valence-corrected chi connectivity index (χ1v) is 9.38. The smallest absolute Gasteiger partial charge is 0.162 e. The molecule has 0 saturated carbocycles. The summed E-state index contributed by atoms with van der Waals surface area (Å²) in [5.74, 6) is 0.572. The number of alkyl halides is 1. The quantitative estimate of drug-likeness (QED) is 0.619. The van der Waals surface area contributed by atoms with Gasteiger partial charge in [0, 0.05) is 17.2 Å². The summed E-state index contributed by atoms with van der Waals surface area (Å²) in [5.41, 5.74) is 2.17. The van der Waals surface area contributed by atoms with Crippen LogP contribution in [0.3, 0.4) is 0 Å². The highest BCUT2D eigenvalue weighted by Crippen LogP contribution is 2.58. The normalized spacial score (nSPS) is 25.7. The number of para-hydroxylation sites is 2. The van der Waals surface area contributed by atoms with Gasteiger partial charge in [0.25, 0.3) is 0 Å². The van der Waals surface area contributed by atoms with E-state index in [1.54, 1.807) is 6.33 Å². The van der Waals surface area contributed by atoms with Crippen LogP contribution >= 0.6 is 0 Å². The minimum absolute atomic E-state index is 0.195. The van der Waals surface area contributed by atoms with Gasteiger partial charge in [0.2, 0.25) is 0 Å². The molecule has 0 aliphatic carbocycles. The molecule has 0 amide bonds. The van der Waals surface area contributed by atoms with Crippen molar-refractivity contribution < 1.29 is 4.39 Å². The van der Waals surface area contributed by atoms with Crippen LogP contribution in [0.4, 0.5) is 27.3 Å². The van der Waals surface area contributed by atoms with Crippen molar-refractivity contribution >= 4 is 22.9 Å². The van der Waals surface area contributed by atoms with Crippen LogP contribution in [0.2, 0.25) is 0 Å². The lowest BCUT2D eigenvalue weighted by atomic mass is 9.75. The monoisotopic (exact) mass is 360 g/mol. The molecule has 3 atom stereocenters. The van der Waals surface area contributed by atoms with Crippen molar-refractivity contribution in [2.24, 2.45) is 5.92 Å². The summed E-state index contributed by atoms with van der Waals surface area (Å²) in [4.78, 5) is 13.2. The maximum absolute atomic E-state index is 16.3. The minimum Gasteiger partial charge on any atom is -0.315 e. The first kappa shape index (κ1) is 16.2.